The van der Waals surface area contributed by atoms with Gasteiger partial charge in [-0.1, -0.05) is 13.0 Å². The minimum Gasteiger partial charge on any atom is -0.478 e. The van der Waals surface area contributed by atoms with Crippen molar-refractivity contribution in [2.75, 3.05) is 26.3 Å². The van der Waals surface area contributed by atoms with Crippen LogP contribution in [0.1, 0.15) is 13.3 Å². The summed E-state index contributed by atoms with van der Waals surface area (Å²) in [4.78, 5) is 10.6. The maximum absolute atomic E-state index is 11.6. The maximum atomic E-state index is 11.6. The van der Waals surface area contributed by atoms with Crippen molar-refractivity contribution in [1.82, 2.24) is 5.32 Å². The van der Waals surface area contributed by atoms with Gasteiger partial charge in [-0.15, -0.1) is 0 Å². The molecule has 0 saturated carbocycles. The van der Waals surface area contributed by atoms with E-state index in [1.807, 2.05) is 0 Å². The number of aliphatic carboxylic acids is 1. The normalized spacial score (nSPS) is 12.1. The minimum atomic E-state index is -2.45. The van der Waals surface area contributed by atoms with Gasteiger partial charge in [0.15, 0.2) is 0 Å². The molecule has 0 unspecified atom stereocenters. The Labute approximate surface area is 93.3 Å². The Morgan fingerprint density at radius 1 is 1.56 bits per heavy atom. The first-order valence-corrected chi connectivity index (χ1v) is 5.06. The van der Waals surface area contributed by atoms with E-state index in [0.29, 0.717) is 25.1 Å². The van der Waals surface area contributed by atoms with Crippen molar-refractivity contribution in [3.05, 3.63) is 11.6 Å². The van der Waals surface area contributed by atoms with Gasteiger partial charge in [-0.05, 0) is 6.42 Å². The van der Waals surface area contributed by atoms with E-state index < -0.39 is 19.0 Å². The van der Waals surface area contributed by atoms with Crippen molar-refractivity contribution in [1.29, 1.82) is 0 Å². The molecule has 94 valence electrons. The number of hydrogen-bond acceptors (Lipinski definition) is 3. The van der Waals surface area contributed by atoms with E-state index in [0.717, 1.165) is 0 Å². The highest BCUT2D eigenvalue weighted by Gasteiger charge is 2.02. The average Bonchev–Trinajstić information content (AvgIpc) is 2.21. The summed E-state index contributed by atoms with van der Waals surface area (Å²) in [5, 5.41) is 11.5. The SMILES string of the molecule is CCC(=CCNCCOCC(F)F)C(=O)O. The molecule has 0 spiro atoms. The van der Waals surface area contributed by atoms with Crippen molar-refractivity contribution in [3.8, 4) is 0 Å². The Bertz CT molecular complexity index is 232. The van der Waals surface area contributed by atoms with Gasteiger partial charge in [0.2, 0.25) is 0 Å². The smallest absolute Gasteiger partial charge is 0.331 e. The van der Waals surface area contributed by atoms with Crippen LogP contribution in [0.5, 0.6) is 0 Å². The third kappa shape index (κ3) is 8.31. The lowest BCUT2D eigenvalue weighted by molar-refractivity contribution is -0.132. The van der Waals surface area contributed by atoms with Gasteiger partial charge in [-0.2, -0.15) is 0 Å². The molecule has 6 heteroatoms. The average molecular weight is 237 g/mol. The number of nitrogens with one attached hydrogen (secondary N) is 1. The van der Waals surface area contributed by atoms with Crippen LogP contribution in [0.2, 0.25) is 0 Å². The molecule has 0 fully saturated rings. The fraction of sp³-hybridized carbons (Fsp3) is 0.700. The number of carbonyl (C=O) groups is 1. The molecule has 0 aromatic heterocycles. The quantitative estimate of drug-likeness (QED) is 0.468. The first kappa shape index (κ1) is 15.0. The first-order chi connectivity index (χ1) is 7.57. The Morgan fingerprint density at radius 2 is 2.25 bits per heavy atom. The Hall–Kier alpha value is -1.01. The van der Waals surface area contributed by atoms with Crippen LogP contribution in [0.25, 0.3) is 0 Å². The molecule has 0 heterocycles. The van der Waals surface area contributed by atoms with Crippen molar-refractivity contribution < 1.29 is 23.4 Å². The predicted octanol–water partition coefficient (Wildman–Crippen LogP) is 1.28. The molecule has 0 rings (SSSR count). The lowest BCUT2D eigenvalue weighted by Crippen LogP contribution is -2.21. The molecule has 0 radical (unpaired) electrons. The molecule has 0 bridgehead atoms. The van der Waals surface area contributed by atoms with Gasteiger partial charge in [-0.25, -0.2) is 13.6 Å². The number of ether oxygens (including phenoxy) is 1. The second kappa shape index (κ2) is 9.23. The molecular formula is C10H17F2NO3. The zero-order valence-corrected chi connectivity index (χ0v) is 9.21. The van der Waals surface area contributed by atoms with Gasteiger partial charge in [0.05, 0.1) is 6.61 Å². The molecule has 0 saturated heterocycles. The van der Waals surface area contributed by atoms with Crippen molar-refractivity contribution >= 4 is 5.97 Å². The van der Waals surface area contributed by atoms with Crippen LogP contribution in [0.4, 0.5) is 8.78 Å². The molecule has 0 aromatic rings. The molecule has 0 atom stereocenters. The first-order valence-electron chi connectivity index (χ1n) is 5.06. The minimum absolute atomic E-state index is 0.187. The molecule has 0 aliphatic heterocycles. The van der Waals surface area contributed by atoms with Gasteiger partial charge in [0.1, 0.15) is 6.61 Å². The summed E-state index contributed by atoms with van der Waals surface area (Å²) in [6.07, 6.45) is -0.424. The van der Waals surface area contributed by atoms with Crippen LogP contribution in [0.15, 0.2) is 11.6 Å². The Morgan fingerprint density at radius 3 is 2.75 bits per heavy atom. The van der Waals surface area contributed by atoms with Crippen LogP contribution >= 0.6 is 0 Å². The highest BCUT2D eigenvalue weighted by Crippen LogP contribution is 1.98. The Kier molecular flexibility index (Phi) is 8.65. The fourth-order valence-corrected chi connectivity index (χ4v) is 0.997. The summed E-state index contributed by atoms with van der Waals surface area (Å²) >= 11 is 0. The summed E-state index contributed by atoms with van der Waals surface area (Å²) < 4.78 is 27.9. The van der Waals surface area contributed by atoms with E-state index in [1.165, 1.54) is 0 Å². The summed E-state index contributed by atoms with van der Waals surface area (Å²) in [7, 11) is 0. The molecule has 0 aromatic carbocycles. The van der Waals surface area contributed by atoms with Gasteiger partial charge in [0, 0.05) is 18.7 Å². The second-order valence-corrected chi connectivity index (χ2v) is 3.06. The van der Waals surface area contributed by atoms with E-state index in [-0.39, 0.29) is 6.61 Å². The fourth-order valence-electron chi connectivity index (χ4n) is 0.997. The predicted molar refractivity (Wildman–Crippen MR) is 55.7 cm³/mol. The Balaban J connectivity index is 3.48. The summed E-state index contributed by atoms with van der Waals surface area (Å²) in [5.74, 6) is -0.932. The largest absolute Gasteiger partial charge is 0.478 e. The third-order valence-electron chi connectivity index (χ3n) is 1.82. The molecule has 0 aliphatic rings. The number of halogens is 2. The lowest BCUT2D eigenvalue weighted by atomic mass is 10.2. The van der Waals surface area contributed by atoms with Crippen LogP contribution in [-0.4, -0.2) is 43.8 Å². The van der Waals surface area contributed by atoms with E-state index in [2.05, 4.69) is 10.1 Å². The van der Waals surface area contributed by atoms with Gasteiger partial charge in [-0.3, -0.25) is 0 Å². The molecular weight excluding hydrogens is 220 g/mol. The molecule has 2 N–H and O–H groups in total. The zero-order chi connectivity index (χ0) is 12.4. The van der Waals surface area contributed by atoms with Gasteiger partial charge < -0.3 is 15.2 Å². The van der Waals surface area contributed by atoms with Crippen molar-refractivity contribution in [2.24, 2.45) is 0 Å². The van der Waals surface area contributed by atoms with Crippen molar-refractivity contribution in [3.63, 3.8) is 0 Å². The van der Waals surface area contributed by atoms with Crippen LogP contribution < -0.4 is 5.32 Å². The summed E-state index contributed by atoms with van der Waals surface area (Å²) in [6, 6.07) is 0. The topological polar surface area (TPSA) is 58.6 Å². The van der Waals surface area contributed by atoms with E-state index >= 15 is 0 Å². The maximum Gasteiger partial charge on any atom is 0.331 e. The molecule has 16 heavy (non-hydrogen) atoms. The number of carboxylic acid groups (broad SMARTS) is 1. The number of carboxylic acids is 1. The third-order valence-corrected chi connectivity index (χ3v) is 1.82. The summed E-state index contributed by atoms with van der Waals surface area (Å²) in [5.41, 5.74) is 0.334. The van der Waals surface area contributed by atoms with Gasteiger partial charge in [0.25, 0.3) is 6.43 Å². The van der Waals surface area contributed by atoms with E-state index in [1.54, 1.807) is 13.0 Å². The standard InChI is InChI=1S/C10H17F2NO3/c1-2-8(10(14)15)3-4-13-5-6-16-7-9(11)12/h3,9,13H,2,4-7H2,1H3,(H,14,15). The molecule has 0 amide bonds. The number of rotatable bonds is 9. The van der Waals surface area contributed by atoms with Crippen molar-refractivity contribution in [2.45, 2.75) is 19.8 Å². The monoisotopic (exact) mass is 237 g/mol. The van der Waals surface area contributed by atoms with E-state index in [4.69, 9.17) is 5.11 Å². The van der Waals surface area contributed by atoms with Crippen LogP contribution in [0, 0.1) is 0 Å². The molecule has 0 aliphatic carbocycles. The lowest BCUT2D eigenvalue weighted by Gasteiger charge is -2.04. The molecule has 4 nitrogen and oxygen atoms in total. The van der Waals surface area contributed by atoms with E-state index in [9.17, 15) is 13.6 Å². The summed E-state index contributed by atoms with van der Waals surface area (Å²) in [6.45, 7) is 2.19. The number of hydrogen-bond donors (Lipinski definition) is 2. The number of alkyl halides is 2. The second-order valence-electron chi connectivity index (χ2n) is 3.06. The van der Waals surface area contributed by atoms with Gasteiger partial charge >= 0.3 is 5.97 Å². The highest BCUT2D eigenvalue weighted by atomic mass is 19.3. The zero-order valence-electron chi connectivity index (χ0n) is 9.21. The van der Waals surface area contributed by atoms with Crippen LogP contribution in [-0.2, 0) is 9.53 Å². The van der Waals surface area contributed by atoms with Crippen LogP contribution in [0.3, 0.4) is 0 Å². The highest BCUT2D eigenvalue weighted by molar-refractivity contribution is 5.86.